The number of carbonyl (C=O) groups is 1. The van der Waals surface area contributed by atoms with Gasteiger partial charge >= 0.3 is 5.97 Å². The maximum atomic E-state index is 13.1. The summed E-state index contributed by atoms with van der Waals surface area (Å²) in [5, 5.41) is 50.7. The second-order valence-corrected chi connectivity index (χ2v) is 8.05. The van der Waals surface area contributed by atoms with Crippen LogP contribution in [-0.2, 0) is 9.47 Å². The molecular weight excluding hydrogens is 464 g/mol. The second kappa shape index (κ2) is 10.6. The lowest BCUT2D eigenvalue weighted by Gasteiger charge is -2.41. The molecule has 3 rings (SSSR count). The van der Waals surface area contributed by atoms with Crippen LogP contribution in [0.25, 0.3) is 11.1 Å². The first-order valence-electron chi connectivity index (χ1n) is 10.5. The highest BCUT2D eigenvalue weighted by molar-refractivity contribution is 7.71. The lowest BCUT2D eigenvalue weighted by atomic mass is 9.93. The number of aliphatic hydroxyl groups excluding tert-OH is 4. The zero-order valence-electron chi connectivity index (χ0n) is 18.8. The summed E-state index contributed by atoms with van der Waals surface area (Å²) in [7, 11) is 1.51. The smallest absolute Gasteiger partial charge is 0.340 e. The Labute approximate surface area is 201 Å². The zero-order valence-corrected chi connectivity index (χ0v) is 19.7. The lowest BCUT2D eigenvalue weighted by molar-refractivity contribution is -0.252. The summed E-state index contributed by atoms with van der Waals surface area (Å²) in [6, 6.07) is 8.71. The average molecular weight is 491 g/mol. The van der Waals surface area contributed by atoms with Crippen molar-refractivity contribution in [1.82, 2.24) is 4.57 Å². The number of benzene rings is 1. The number of hydrogen-bond donors (Lipinski definition) is 4. The molecule has 1 aliphatic heterocycles. The third-order valence-corrected chi connectivity index (χ3v) is 6.15. The Hall–Kier alpha value is -2.85. The monoisotopic (exact) mass is 490 g/mol. The molecule has 0 aliphatic carbocycles. The number of methoxy groups -OCH3 is 1. The maximum absolute atomic E-state index is 13.1. The van der Waals surface area contributed by atoms with E-state index in [-0.39, 0.29) is 33.6 Å². The molecule has 10 nitrogen and oxygen atoms in total. The number of rotatable bonds is 6. The van der Waals surface area contributed by atoms with Gasteiger partial charge in [0.2, 0.25) is 0 Å². The molecule has 1 fully saturated rings. The number of carbonyl (C=O) groups excluding carboxylic acids is 1. The van der Waals surface area contributed by atoms with Crippen LogP contribution in [0, 0.1) is 22.9 Å². The second-order valence-electron chi connectivity index (χ2n) is 7.67. The fraction of sp³-hybridized carbons (Fsp3) is 0.435. The molecule has 0 amide bonds. The Morgan fingerprint density at radius 3 is 2.38 bits per heavy atom. The fourth-order valence-electron chi connectivity index (χ4n) is 4.01. The van der Waals surface area contributed by atoms with Crippen molar-refractivity contribution >= 4 is 18.2 Å². The third kappa shape index (κ3) is 4.44. The molecule has 11 heteroatoms. The van der Waals surface area contributed by atoms with Gasteiger partial charge in [0.05, 0.1) is 31.5 Å². The molecule has 1 aliphatic rings. The van der Waals surface area contributed by atoms with E-state index < -0.39 is 43.2 Å². The molecule has 0 bridgehead atoms. The molecule has 0 saturated carbocycles. The number of esters is 1. The average Bonchev–Trinajstić information content (AvgIpc) is 2.83. The highest BCUT2D eigenvalue weighted by Gasteiger charge is 2.45. The van der Waals surface area contributed by atoms with Crippen LogP contribution in [-0.4, -0.2) is 75.7 Å². The molecule has 182 valence electrons. The van der Waals surface area contributed by atoms with Gasteiger partial charge in [0, 0.05) is 11.3 Å². The van der Waals surface area contributed by atoms with Crippen molar-refractivity contribution in [3.05, 3.63) is 45.7 Å². The van der Waals surface area contributed by atoms with Gasteiger partial charge in [-0.05, 0) is 31.5 Å². The van der Waals surface area contributed by atoms with Crippen molar-refractivity contribution in [2.45, 2.75) is 44.5 Å². The van der Waals surface area contributed by atoms with E-state index in [1.54, 1.807) is 31.2 Å². The first-order chi connectivity index (χ1) is 16.2. The molecule has 1 saturated heterocycles. The fourth-order valence-corrected chi connectivity index (χ4v) is 4.40. The summed E-state index contributed by atoms with van der Waals surface area (Å²) < 4.78 is 17.3. The molecule has 0 unspecified atom stereocenters. The first-order valence-corrected chi connectivity index (χ1v) is 10.9. The van der Waals surface area contributed by atoms with E-state index in [4.69, 9.17) is 26.4 Å². The van der Waals surface area contributed by atoms with Crippen molar-refractivity contribution in [3.63, 3.8) is 0 Å². The van der Waals surface area contributed by atoms with Crippen molar-refractivity contribution in [2.24, 2.45) is 0 Å². The van der Waals surface area contributed by atoms with Crippen LogP contribution in [0.15, 0.2) is 24.3 Å². The van der Waals surface area contributed by atoms with Crippen molar-refractivity contribution in [2.75, 3.05) is 20.3 Å². The van der Waals surface area contributed by atoms with E-state index in [9.17, 15) is 30.5 Å². The summed E-state index contributed by atoms with van der Waals surface area (Å²) in [5.41, 5.74) is 0.931. The number of aromatic nitrogens is 1. The Bertz CT molecular complexity index is 1160. The van der Waals surface area contributed by atoms with Crippen LogP contribution in [0.5, 0.6) is 5.75 Å². The molecule has 34 heavy (non-hydrogen) atoms. The number of aliphatic hydroxyl groups is 4. The van der Waals surface area contributed by atoms with Gasteiger partial charge in [-0.3, -0.25) is 0 Å². The maximum Gasteiger partial charge on any atom is 0.340 e. The van der Waals surface area contributed by atoms with Crippen molar-refractivity contribution in [3.8, 4) is 22.9 Å². The summed E-state index contributed by atoms with van der Waals surface area (Å²) in [6.07, 6.45) is -7.52. The van der Waals surface area contributed by atoms with Gasteiger partial charge in [-0.1, -0.05) is 24.4 Å². The van der Waals surface area contributed by atoms with Crippen LogP contribution in [0.4, 0.5) is 0 Å². The Morgan fingerprint density at radius 2 is 1.85 bits per heavy atom. The molecule has 1 aromatic heterocycles. The minimum absolute atomic E-state index is 0.0223. The van der Waals surface area contributed by atoms with E-state index in [0.29, 0.717) is 11.3 Å². The van der Waals surface area contributed by atoms with Gasteiger partial charge in [-0.25, -0.2) is 4.79 Å². The third-order valence-electron chi connectivity index (χ3n) is 5.75. The van der Waals surface area contributed by atoms with Gasteiger partial charge in [-0.15, -0.1) is 0 Å². The highest BCUT2D eigenvalue weighted by Crippen LogP contribution is 2.37. The Kier molecular flexibility index (Phi) is 8.04. The molecule has 0 radical (unpaired) electrons. The molecule has 0 spiro atoms. The van der Waals surface area contributed by atoms with Crippen LogP contribution < -0.4 is 4.74 Å². The number of hydrogen-bond acceptors (Lipinski definition) is 10. The zero-order chi connectivity index (χ0) is 25.2. The van der Waals surface area contributed by atoms with Gasteiger partial charge in [0.15, 0.2) is 6.23 Å². The normalized spacial score (nSPS) is 24.4. The molecular formula is C23H26N2O8S. The Balaban J connectivity index is 2.34. The predicted octanol–water partition coefficient (Wildman–Crippen LogP) is 1.22. The van der Waals surface area contributed by atoms with Gasteiger partial charge in [0.25, 0.3) is 0 Å². The topological polar surface area (TPSA) is 154 Å². The van der Waals surface area contributed by atoms with Gasteiger partial charge in [0.1, 0.15) is 40.9 Å². The number of pyridine rings is 1. The number of ether oxygens (including phenoxy) is 3. The number of nitriles is 1. The van der Waals surface area contributed by atoms with E-state index in [0.717, 1.165) is 0 Å². The minimum atomic E-state index is -1.67. The van der Waals surface area contributed by atoms with Gasteiger partial charge < -0.3 is 39.2 Å². The molecule has 4 N–H and O–H groups in total. The molecule has 2 aromatic rings. The van der Waals surface area contributed by atoms with Crippen molar-refractivity contribution < 1.29 is 39.4 Å². The largest absolute Gasteiger partial charge is 0.497 e. The highest BCUT2D eigenvalue weighted by atomic mass is 32.1. The molecule has 2 heterocycles. The molecule has 1 aromatic carbocycles. The summed E-state index contributed by atoms with van der Waals surface area (Å²) >= 11 is 5.57. The lowest BCUT2D eigenvalue weighted by Crippen LogP contribution is -2.56. The standard InChI is InChI=1S/C23H26N2O8S/c1-4-32-23(30)16-11(2)25(21-20(29)19(28)18(27)15(10-26)33-21)22(34)14(9-24)17(16)12-5-7-13(31-3)8-6-12/h5-8,15,18-21,26-29H,4,10H2,1-3H3/t15-,18-,19-,20-,21-/m1/s1. The van der Waals surface area contributed by atoms with Crippen LogP contribution in [0.3, 0.4) is 0 Å². The van der Waals surface area contributed by atoms with Crippen LogP contribution >= 0.6 is 12.2 Å². The van der Waals surface area contributed by atoms with E-state index >= 15 is 0 Å². The van der Waals surface area contributed by atoms with E-state index in [1.165, 1.54) is 18.6 Å². The van der Waals surface area contributed by atoms with Gasteiger partial charge in [-0.2, -0.15) is 5.26 Å². The molecule has 5 atom stereocenters. The minimum Gasteiger partial charge on any atom is -0.497 e. The van der Waals surface area contributed by atoms with E-state index in [1.807, 2.05) is 6.07 Å². The SMILES string of the molecule is CCOC(=O)c1c(-c2ccc(OC)cc2)c(C#N)c(=S)n([C@@H]2O[C@H](CO)[C@@H](O)[C@@H](O)[C@H]2O)c1C. The van der Waals surface area contributed by atoms with Crippen molar-refractivity contribution in [1.29, 1.82) is 5.26 Å². The van der Waals surface area contributed by atoms with Crippen LogP contribution in [0.1, 0.15) is 34.8 Å². The first kappa shape index (κ1) is 25.8. The van der Waals surface area contributed by atoms with Crippen LogP contribution in [0.2, 0.25) is 0 Å². The Morgan fingerprint density at radius 1 is 1.21 bits per heavy atom. The summed E-state index contributed by atoms with van der Waals surface area (Å²) in [5.74, 6) is -0.154. The van der Waals surface area contributed by atoms with E-state index in [2.05, 4.69) is 0 Å². The summed E-state index contributed by atoms with van der Waals surface area (Å²) in [6.45, 7) is 2.60. The number of nitrogens with zero attached hydrogens (tertiary/aromatic N) is 2. The predicted molar refractivity (Wildman–Crippen MR) is 122 cm³/mol. The summed E-state index contributed by atoms with van der Waals surface area (Å²) in [4.78, 5) is 13.1. The quantitative estimate of drug-likeness (QED) is 0.343.